The first-order valence-electron chi connectivity index (χ1n) is 4.62. The summed E-state index contributed by atoms with van der Waals surface area (Å²) in [7, 11) is 0. The first-order chi connectivity index (χ1) is 8.00. The average molecular weight is 304 g/mol. The third-order valence-corrected chi connectivity index (χ3v) is 2.72. The number of carbonyl (C=O) groups excluding carboxylic acids is 1. The summed E-state index contributed by atoms with van der Waals surface area (Å²) in [5, 5.41) is 8.63. The van der Waals surface area contributed by atoms with Gasteiger partial charge in [-0.2, -0.15) is 0 Å². The minimum Gasteiger partial charge on any atom is -0.482 e. The summed E-state index contributed by atoms with van der Waals surface area (Å²) in [6.07, 6.45) is -2.42. The predicted octanol–water partition coefficient (Wildman–Crippen LogP) is 1.55. The van der Waals surface area contributed by atoms with Crippen molar-refractivity contribution < 1.29 is 23.8 Å². The van der Waals surface area contributed by atoms with E-state index < -0.39 is 18.2 Å². The molecule has 1 aromatic carbocycles. The van der Waals surface area contributed by atoms with Crippen molar-refractivity contribution in [3.05, 3.63) is 22.7 Å². The number of fused-ring (bicyclic) bond motifs is 1. The Bertz CT molecular complexity index is 493. The highest BCUT2D eigenvalue weighted by molar-refractivity contribution is 9.10. The topological polar surface area (TPSA) is 66.8 Å². The van der Waals surface area contributed by atoms with E-state index in [9.17, 15) is 14.0 Å². The monoisotopic (exact) mass is 303 g/mol. The predicted molar refractivity (Wildman–Crippen MR) is 59.7 cm³/mol. The van der Waals surface area contributed by atoms with Gasteiger partial charge in [0.05, 0.1) is 5.69 Å². The Balaban J connectivity index is 2.49. The molecule has 0 aliphatic carbocycles. The zero-order valence-electron chi connectivity index (χ0n) is 8.39. The van der Waals surface area contributed by atoms with Crippen LogP contribution in [0.4, 0.5) is 10.1 Å². The van der Waals surface area contributed by atoms with Gasteiger partial charge < -0.3 is 9.84 Å². The van der Waals surface area contributed by atoms with E-state index in [1.54, 1.807) is 6.07 Å². The van der Waals surface area contributed by atoms with Crippen LogP contribution in [-0.4, -0.2) is 29.9 Å². The molecule has 1 aliphatic rings. The number of carboxylic acids is 1. The molecule has 1 N–H and O–H groups in total. The van der Waals surface area contributed by atoms with Crippen molar-refractivity contribution in [2.24, 2.45) is 0 Å². The van der Waals surface area contributed by atoms with Gasteiger partial charge in [-0.05, 0) is 18.2 Å². The zero-order valence-corrected chi connectivity index (χ0v) is 9.98. The summed E-state index contributed by atoms with van der Waals surface area (Å²) in [6.45, 7) is -0.373. The minimum absolute atomic E-state index is 0.102. The number of alkyl halides is 1. The molecule has 0 spiro atoms. The number of hydrogen-bond donors (Lipinski definition) is 1. The maximum Gasteiger partial charge on any atom is 0.360 e. The lowest BCUT2D eigenvalue weighted by Gasteiger charge is -2.30. The van der Waals surface area contributed by atoms with Crippen molar-refractivity contribution in [2.45, 2.75) is 6.30 Å². The Morgan fingerprint density at radius 2 is 2.29 bits per heavy atom. The van der Waals surface area contributed by atoms with Gasteiger partial charge in [0.1, 0.15) is 5.75 Å². The van der Waals surface area contributed by atoms with E-state index in [1.165, 1.54) is 12.1 Å². The van der Waals surface area contributed by atoms with Gasteiger partial charge in [-0.3, -0.25) is 9.69 Å². The number of halogens is 2. The summed E-state index contributed by atoms with van der Waals surface area (Å²) in [5.41, 5.74) is 0.102. The fourth-order valence-electron chi connectivity index (χ4n) is 1.50. The maximum absolute atomic E-state index is 13.5. The molecular formula is C10H7BrFNO4. The number of benzene rings is 1. The third-order valence-electron chi connectivity index (χ3n) is 2.23. The Morgan fingerprint density at radius 3 is 2.94 bits per heavy atom. The second-order valence-electron chi connectivity index (χ2n) is 3.34. The summed E-state index contributed by atoms with van der Waals surface area (Å²) >= 11 is 3.16. The molecule has 1 aliphatic heterocycles. The van der Waals surface area contributed by atoms with Gasteiger partial charge in [-0.25, -0.2) is 9.18 Å². The Kier molecular flexibility index (Phi) is 3.01. The number of anilines is 1. The quantitative estimate of drug-likeness (QED) is 0.842. The van der Waals surface area contributed by atoms with E-state index in [0.717, 1.165) is 0 Å². The summed E-state index contributed by atoms with van der Waals surface area (Å²) in [6, 6.07) is 4.62. The van der Waals surface area contributed by atoms with E-state index in [0.29, 0.717) is 9.37 Å². The van der Waals surface area contributed by atoms with E-state index >= 15 is 0 Å². The zero-order chi connectivity index (χ0) is 12.6. The standard InChI is InChI=1S/C10H7BrFNO4/c11-5-1-2-7-6(3-5)13(8(14)4-17-7)9(12)10(15)16/h1-3,9H,4H2,(H,15,16). The molecule has 7 heteroatoms. The number of nitrogens with zero attached hydrogens (tertiary/aromatic N) is 1. The van der Waals surface area contributed by atoms with Crippen molar-refractivity contribution in [1.82, 2.24) is 0 Å². The van der Waals surface area contributed by atoms with Crippen molar-refractivity contribution in [2.75, 3.05) is 11.5 Å². The summed E-state index contributed by atoms with van der Waals surface area (Å²) in [4.78, 5) is 22.7. The van der Waals surface area contributed by atoms with Gasteiger partial charge in [0.15, 0.2) is 6.61 Å². The second kappa shape index (κ2) is 4.33. The smallest absolute Gasteiger partial charge is 0.360 e. The van der Waals surface area contributed by atoms with Crippen LogP contribution in [0.15, 0.2) is 22.7 Å². The minimum atomic E-state index is -2.42. The van der Waals surface area contributed by atoms with E-state index in [-0.39, 0.29) is 18.0 Å². The van der Waals surface area contributed by atoms with Crippen molar-refractivity contribution >= 4 is 33.5 Å². The highest BCUT2D eigenvalue weighted by atomic mass is 79.9. The highest BCUT2D eigenvalue weighted by Gasteiger charge is 2.35. The lowest BCUT2D eigenvalue weighted by Crippen LogP contribution is -2.47. The molecule has 1 atom stereocenters. The SMILES string of the molecule is O=C(O)C(F)N1C(=O)COc2ccc(Br)cc21. The molecule has 2 rings (SSSR count). The molecule has 0 bridgehead atoms. The van der Waals surface area contributed by atoms with Gasteiger partial charge in [0.2, 0.25) is 0 Å². The number of carboxylic acid groups (broad SMARTS) is 1. The molecule has 17 heavy (non-hydrogen) atoms. The highest BCUT2D eigenvalue weighted by Crippen LogP contribution is 2.35. The summed E-state index contributed by atoms with van der Waals surface area (Å²) < 4.78 is 19.2. The van der Waals surface area contributed by atoms with Crippen molar-refractivity contribution in [1.29, 1.82) is 0 Å². The lowest BCUT2D eigenvalue weighted by atomic mass is 10.2. The number of hydrogen-bond acceptors (Lipinski definition) is 3. The van der Waals surface area contributed by atoms with Crippen LogP contribution in [-0.2, 0) is 9.59 Å². The normalized spacial score (nSPS) is 16.1. The molecule has 0 saturated heterocycles. The lowest BCUT2D eigenvalue weighted by molar-refractivity contribution is -0.145. The number of amides is 1. The number of aliphatic carboxylic acids is 1. The van der Waals surface area contributed by atoms with Gasteiger partial charge in [0.25, 0.3) is 12.2 Å². The molecule has 0 radical (unpaired) electrons. The van der Waals surface area contributed by atoms with Crippen molar-refractivity contribution in [3.63, 3.8) is 0 Å². The van der Waals surface area contributed by atoms with Crippen LogP contribution in [0.1, 0.15) is 0 Å². The van der Waals surface area contributed by atoms with Crippen LogP contribution in [0.3, 0.4) is 0 Å². The molecule has 1 aromatic rings. The molecular weight excluding hydrogens is 297 g/mol. The Hall–Kier alpha value is -1.63. The second-order valence-corrected chi connectivity index (χ2v) is 4.25. The molecule has 1 unspecified atom stereocenters. The molecule has 0 saturated carbocycles. The molecule has 1 heterocycles. The van der Waals surface area contributed by atoms with Gasteiger partial charge in [-0.15, -0.1) is 0 Å². The maximum atomic E-state index is 13.5. The largest absolute Gasteiger partial charge is 0.482 e. The first kappa shape index (κ1) is 11.8. The van der Waals surface area contributed by atoms with E-state index in [2.05, 4.69) is 15.9 Å². The molecule has 90 valence electrons. The van der Waals surface area contributed by atoms with E-state index in [1.807, 2.05) is 0 Å². The molecule has 5 nitrogen and oxygen atoms in total. The fraction of sp³-hybridized carbons (Fsp3) is 0.200. The van der Waals surface area contributed by atoms with Crippen LogP contribution in [0.5, 0.6) is 5.75 Å². The number of ether oxygens (including phenoxy) is 1. The first-order valence-corrected chi connectivity index (χ1v) is 5.41. The van der Waals surface area contributed by atoms with Crippen LogP contribution in [0.2, 0.25) is 0 Å². The van der Waals surface area contributed by atoms with Crippen LogP contribution in [0.25, 0.3) is 0 Å². The molecule has 1 amide bonds. The third kappa shape index (κ3) is 2.10. The summed E-state index contributed by atoms with van der Waals surface area (Å²) in [5.74, 6) is -2.17. The van der Waals surface area contributed by atoms with Crippen molar-refractivity contribution in [3.8, 4) is 5.75 Å². The average Bonchev–Trinajstić information content (AvgIpc) is 2.27. The van der Waals surface area contributed by atoms with Gasteiger partial charge in [0, 0.05) is 4.47 Å². The Morgan fingerprint density at radius 1 is 1.59 bits per heavy atom. The van der Waals surface area contributed by atoms with Gasteiger partial charge in [-0.1, -0.05) is 15.9 Å². The fourth-order valence-corrected chi connectivity index (χ4v) is 1.85. The van der Waals surface area contributed by atoms with Gasteiger partial charge >= 0.3 is 5.97 Å². The number of carbonyl (C=O) groups is 2. The van der Waals surface area contributed by atoms with Crippen LogP contribution < -0.4 is 9.64 Å². The van der Waals surface area contributed by atoms with E-state index in [4.69, 9.17) is 9.84 Å². The van der Waals surface area contributed by atoms with Crippen LogP contribution in [0, 0.1) is 0 Å². The molecule has 0 fully saturated rings. The van der Waals surface area contributed by atoms with Crippen LogP contribution >= 0.6 is 15.9 Å². The molecule has 0 aromatic heterocycles. The Labute approximate surface area is 104 Å². The number of rotatable bonds is 2.